The van der Waals surface area contributed by atoms with Crippen LogP contribution in [0.3, 0.4) is 0 Å². The number of aliphatic imine (C=N–C) groups is 1. The number of hydrogen-bond acceptors (Lipinski definition) is 5. The summed E-state index contributed by atoms with van der Waals surface area (Å²) < 4.78 is 23.5. The molecule has 8 heteroatoms. The number of hydrogen-bond donors (Lipinski definition) is 0. The van der Waals surface area contributed by atoms with E-state index >= 15 is 0 Å². The molecule has 2 aromatic carbocycles. The number of thioether (sulfide) groups is 1. The lowest BCUT2D eigenvalue weighted by Gasteiger charge is -2.16. The van der Waals surface area contributed by atoms with Gasteiger partial charge in [0.15, 0.2) is 22.4 Å². The molecule has 2 aromatic rings. The maximum absolute atomic E-state index is 13.0. The maximum atomic E-state index is 13.0. The average molecular weight is 428 g/mol. The highest BCUT2D eigenvalue weighted by molar-refractivity contribution is 8.14. The molecule has 0 N–H and O–H groups in total. The molecule has 0 atom stereocenters. The Morgan fingerprint density at radius 2 is 1.87 bits per heavy atom. The van der Waals surface area contributed by atoms with E-state index in [1.165, 1.54) is 42.1 Å². The van der Waals surface area contributed by atoms with Crippen LogP contribution >= 0.6 is 11.8 Å². The second-order valence-corrected chi connectivity index (χ2v) is 7.44. The van der Waals surface area contributed by atoms with Gasteiger partial charge in [-0.2, -0.15) is 4.99 Å². The second kappa shape index (κ2) is 10.1. The van der Waals surface area contributed by atoms with Gasteiger partial charge in [0.05, 0.1) is 20.8 Å². The Morgan fingerprint density at radius 1 is 1.13 bits per heavy atom. The van der Waals surface area contributed by atoms with Crippen LogP contribution in [-0.2, 0) is 4.79 Å². The molecule has 0 radical (unpaired) electrons. The van der Waals surface area contributed by atoms with Crippen molar-refractivity contribution in [1.29, 1.82) is 0 Å². The molecule has 1 aliphatic rings. The van der Waals surface area contributed by atoms with E-state index in [0.29, 0.717) is 28.8 Å². The third-order valence-corrected chi connectivity index (χ3v) is 5.39. The van der Waals surface area contributed by atoms with Crippen LogP contribution in [0.15, 0.2) is 53.5 Å². The highest BCUT2D eigenvalue weighted by atomic mass is 32.2. The third-order valence-electron chi connectivity index (χ3n) is 4.40. The molecule has 0 aliphatic carbocycles. The van der Waals surface area contributed by atoms with Gasteiger partial charge in [0.1, 0.15) is 5.82 Å². The standard InChI is InChI=1S/C22H21FN2O4S/c1-28-19-9-3-15(13-20(19)29-2)4-10-21(27)24-22-25(11-12-30-22)14-18(26)16-5-7-17(23)8-6-16/h3-10,13H,11-12,14H2,1-2H3. The Labute approximate surface area is 178 Å². The largest absolute Gasteiger partial charge is 0.493 e. The zero-order valence-electron chi connectivity index (χ0n) is 16.6. The first-order chi connectivity index (χ1) is 14.5. The summed E-state index contributed by atoms with van der Waals surface area (Å²) in [5, 5.41) is 0.507. The Bertz CT molecular complexity index is 989. The second-order valence-electron chi connectivity index (χ2n) is 6.38. The van der Waals surface area contributed by atoms with Gasteiger partial charge < -0.3 is 14.4 Å². The molecule has 0 aromatic heterocycles. The number of ether oxygens (including phenoxy) is 2. The molecular weight excluding hydrogens is 407 g/mol. The SMILES string of the molecule is COc1ccc(C=CC(=O)N=C2SCCN2CC(=O)c2ccc(F)cc2)cc1OC. The number of amidine groups is 1. The minimum atomic E-state index is -0.423. The molecule has 1 heterocycles. The van der Waals surface area contributed by atoms with Gasteiger partial charge in [-0.1, -0.05) is 17.8 Å². The van der Waals surface area contributed by atoms with Gasteiger partial charge in [0.2, 0.25) is 0 Å². The normalized spacial score (nSPS) is 15.0. The van der Waals surface area contributed by atoms with E-state index in [-0.39, 0.29) is 12.3 Å². The van der Waals surface area contributed by atoms with Gasteiger partial charge in [0.25, 0.3) is 5.91 Å². The summed E-state index contributed by atoms with van der Waals surface area (Å²) in [5.74, 6) is 0.937. The fourth-order valence-electron chi connectivity index (χ4n) is 2.84. The predicted molar refractivity (Wildman–Crippen MR) is 116 cm³/mol. The zero-order valence-corrected chi connectivity index (χ0v) is 17.4. The molecule has 3 rings (SSSR count). The molecule has 1 amide bonds. The van der Waals surface area contributed by atoms with Gasteiger partial charge in [-0.25, -0.2) is 4.39 Å². The molecule has 0 bridgehead atoms. The van der Waals surface area contributed by atoms with Crippen molar-refractivity contribution in [2.45, 2.75) is 0 Å². The van der Waals surface area contributed by atoms with Crippen molar-refractivity contribution in [2.75, 3.05) is 33.1 Å². The van der Waals surface area contributed by atoms with Crippen molar-refractivity contribution in [2.24, 2.45) is 4.99 Å². The van der Waals surface area contributed by atoms with Gasteiger partial charge >= 0.3 is 0 Å². The summed E-state index contributed by atoms with van der Waals surface area (Å²) in [6, 6.07) is 10.7. The van der Waals surface area contributed by atoms with Crippen molar-refractivity contribution in [3.63, 3.8) is 0 Å². The third kappa shape index (κ3) is 5.48. The van der Waals surface area contributed by atoms with Crippen molar-refractivity contribution in [1.82, 2.24) is 4.90 Å². The first kappa shape index (κ1) is 21.6. The van der Waals surface area contributed by atoms with E-state index < -0.39 is 11.7 Å². The quantitative estimate of drug-likeness (QED) is 0.495. The monoisotopic (exact) mass is 428 g/mol. The van der Waals surface area contributed by atoms with Crippen LogP contribution in [0.1, 0.15) is 15.9 Å². The summed E-state index contributed by atoms with van der Waals surface area (Å²) in [6.07, 6.45) is 3.01. The number of rotatable bonds is 7. The van der Waals surface area contributed by atoms with Crippen LogP contribution in [-0.4, -0.2) is 54.8 Å². The lowest BCUT2D eigenvalue weighted by molar-refractivity contribution is -0.113. The van der Waals surface area contributed by atoms with E-state index in [2.05, 4.69) is 4.99 Å². The van der Waals surface area contributed by atoms with E-state index in [0.717, 1.165) is 11.3 Å². The van der Waals surface area contributed by atoms with Gasteiger partial charge in [-0.05, 0) is 48.0 Å². The Hall–Kier alpha value is -3.13. The van der Waals surface area contributed by atoms with Crippen LogP contribution in [0.25, 0.3) is 6.08 Å². The molecule has 1 aliphatic heterocycles. The van der Waals surface area contributed by atoms with Crippen LogP contribution in [0.5, 0.6) is 11.5 Å². The predicted octanol–water partition coefficient (Wildman–Crippen LogP) is 3.67. The first-order valence-electron chi connectivity index (χ1n) is 9.19. The van der Waals surface area contributed by atoms with Crippen molar-refractivity contribution in [3.8, 4) is 11.5 Å². The minimum Gasteiger partial charge on any atom is -0.493 e. The number of amides is 1. The summed E-state index contributed by atoms with van der Waals surface area (Å²) in [7, 11) is 3.10. The van der Waals surface area contributed by atoms with Crippen molar-refractivity contribution >= 4 is 34.7 Å². The highest BCUT2D eigenvalue weighted by Gasteiger charge is 2.23. The molecular formula is C22H21FN2O4S. The topological polar surface area (TPSA) is 68.2 Å². The Balaban J connectivity index is 1.66. The molecule has 6 nitrogen and oxygen atoms in total. The smallest absolute Gasteiger partial charge is 0.272 e. The van der Waals surface area contributed by atoms with Gasteiger partial charge in [-0.15, -0.1) is 0 Å². The average Bonchev–Trinajstić information content (AvgIpc) is 3.18. The Kier molecular flexibility index (Phi) is 7.24. The van der Waals surface area contributed by atoms with Crippen LogP contribution in [0.4, 0.5) is 4.39 Å². The molecule has 0 saturated carbocycles. The highest BCUT2D eigenvalue weighted by Crippen LogP contribution is 2.28. The molecule has 0 spiro atoms. The number of benzene rings is 2. The lowest BCUT2D eigenvalue weighted by atomic mass is 10.1. The lowest BCUT2D eigenvalue weighted by Crippen LogP contribution is -2.31. The van der Waals surface area contributed by atoms with Crippen molar-refractivity contribution in [3.05, 3.63) is 65.5 Å². The summed E-state index contributed by atoms with van der Waals surface area (Å²) in [4.78, 5) is 30.6. The minimum absolute atomic E-state index is 0.0874. The van der Waals surface area contributed by atoms with E-state index in [4.69, 9.17) is 9.47 Å². The maximum Gasteiger partial charge on any atom is 0.272 e. The molecule has 156 valence electrons. The summed E-state index contributed by atoms with van der Waals surface area (Å²) in [5.41, 5.74) is 1.19. The van der Waals surface area contributed by atoms with E-state index in [9.17, 15) is 14.0 Å². The number of carbonyl (C=O) groups excluding carboxylic acids is 2. The Morgan fingerprint density at radius 3 is 2.57 bits per heavy atom. The first-order valence-corrected chi connectivity index (χ1v) is 10.2. The molecule has 30 heavy (non-hydrogen) atoms. The van der Waals surface area contributed by atoms with Crippen LogP contribution < -0.4 is 9.47 Å². The molecule has 0 unspecified atom stereocenters. The number of methoxy groups -OCH3 is 2. The van der Waals surface area contributed by atoms with E-state index in [1.807, 2.05) is 0 Å². The van der Waals surface area contributed by atoms with Gasteiger partial charge in [0, 0.05) is 23.9 Å². The van der Waals surface area contributed by atoms with Crippen LogP contribution in [0.2, 0.25) is 0 Å². The van der Waals surface area contributed by atoms with Gasteiger partial charge in [-0.3, -0.25) is 9.59 Å². The number of halogens is 1. The zero-order chi connectivity index (χ0) is 21.5. The summed E-state index contributed by atoms with van der Waals surface area (Å²) >= 11 is 1.42. The molecule has 1 fully saturated rings. The number of ketones is 1. The number of carbonyl (C=O) groups is 2. The van der Waals surface area contributed by atoms with Crippen LogP contribution in [0, 0.1) is 5.82 Å². The number of nitrogens with zero attached hydrogens (tertiary/aromatic N) is 2. The fraction of sp³-hybridized carbons (Fsp3) is 0.227. The number of Topliss-reactive ketones (excluding diaryl/α,β-unsaturated/α-hetero) is 1. The van der Waals surface area contributed by atoms with Crippen molar-refractivity contribution < 1.29 is 23.5 Å². The fourth-order valence-corrected chi connectivity index (χ4v) is 3.83. The van der Waals surface area contributed by atoms with E-state index in [1.54, 1.807) is 43.4 Å². The summed E-state index contributed by atoms with van der Waals surface area (Å²) in [6.45, 7) is 0.702. The molecule has 1 saturated heterocycles.